The average molecular weight is 423 g/mol. The fourth-order valence-electron chi connectivity index (χ4n) is 2.58. The Morgan fingerprint density at radius 1 is 1.28 bits per heavy atom. The van der Waals surface area contributed by atoms with Crippen molar-refractivity contribution >= 4 is 22.9 Å². The van der Waals surface area contributed by atoms with Crippen molar-refractivity contribution in [3.05, 3.63) is 68.7 Å². The Hall–Kier alpha value is -3.21. The number of thiazole rings is 1. The van der Waals surface area contributed by atoms with Gasteiger partial charge in [0.25, 0.3) is 11.5 Å². The van der Waals surface area contributed by atoms with Gasteiger partial charge in [0.15, 0.2) is 0 Å². The van der Waals surface area contributed by atoms with Crippen LogP contribution in [-0.4, -0.2) is 20.7 Å². The average Bonchev–Trinajstić information content (AvgIpc) is 3.06. The van der Waals surface area contributed by atoms with Gasteiger partial charge in [-0.1, -0.05) is 11.3 Å². The van der Waals surface area contributed by atoms with Gasteiger partial charge in [-0.2, -0.15) is 23.0 Å². The molecule has 0 aliphatic rings. The minimum absolute atomic E-state index is 0.0665. The van der Waals surface area contributed by atoms with E-state index >= 15 is 0 Å². The molecule has 29 heavy (non-hydrogen) atoms. The van der Waals surface area contributed by atoms with E-state index in [1.54, 1.807) is 6.92 Å². The molecular formula is C18H16F3N5O2S. The molecule has 2 heterocycles. The molecule has 1 aromatic carbocycles. The monoisotopic (exact) mass is 423 g/mol. The number of hydrogen-bond acceptors (Lipinski definition) is 6. The summed E-state index contributed by atoms with van der Waals surface area (Å²) in [5.41, 5.74) is 4.29. The molecule has 0 unspecified atom stereocenters. The Kier molecular flexibility index (Phi) is 5.42. The lowest BCUT2D eigenvalue weighted by atomic mass is 10.0. The molecule has 0 saturated heterocycles. The van der Waals surface area contributed by atoms with Gasteiger partial charge in [-0.25, -0.2) is 4.98 Å². The van der Waals surface area contributed by atoms with E-state index in [1.165, 1.54) is 42.7 Å². The third kappa shape index (κ3) is 4.62. The van der Waals surface area contributed by atoms with Gasteiger partial charge in [0, 0.05) is 11.8 Å². The third-order valence-corrected chi connectivity index (χ3v) is 4.89. The molecule has 3 aromatic rings. The Bertz CT molecular complexity index is 1120. The number of nitrogens with two attached hydrogens (primary N) is 1. The molecular weight excluding hydrogens is 407 g/mol. The van der Waals surface area contributed by atoms with Crippen LogP contribution in [0.5, 0.6) is 0 Å². The highest BCUT2D eigenvalue weighted by molar-refractivity contribution is 7.14. The second-order valence-corrected chi connectivity index (χ2v) is 7.48. The van der Waals surface area contributed by atoms with Crippen molar-refractivity contribution in [2.75, 3.05) is 5.73 Å². The van der Waals surface area contributed by atoms with Crippen LogP contribution in [0.3, 0.4) is 0 Å². The molecule has 0 aliphatic heterocycles. The molecule has 0 spiro atoms. The van der Waals surface area contributed by atoms with Crippen molar-refractivity contribution in [3.8, 4) is 5.00 Å². The van der Waals surface area contributed by atoms with E-state index in [1.807, 2.05) is 0 Å². The largest absolute Gasteiger partial charge is 0.416 e. The molecule has 11 heteroatoms. The zero-order valence-electron chi connectivity index (χ0n) is 15.3. The molecule has 0 aliphatic carbocycles. The van der Waals surface area contributed by atoms with Gasteiger partial charge in [-0.15, -0.1) is 0 Å². The van der Waals surface area contributed by atoms with Crippen LogP contribution in [-0.2, 0) is 6.18 Å². The highest BCUT2D eigenvalue weighted by Crippen LogP contribution is 2.32. The summed E-state index contributed by atoms with van der Waals surface area (Å²) in [4.78, 5) is 28.6. The van der Waals surface area contributed by atoms with Gasteiger partial charge in [0.05, 0.1) is 22.8 Å². The number of alkyl halides is 3. The summed E-state index contributed by atoms with van der Waals surface area (Å²) >= 11 is 1.23. The van der Waals surface area contributed by atoms with Crippen molar-refractivity contribution < 1.29 is 18.0 Å². The van der Waals surface area contributed by atoms with E-state index < -0.39 is 29.2 Å². The van der Waals surface area contributed by atoms with Gasteiger partial charge in [0.1, 0.15) is 10.7 Å². The van der Waals surface area contributed by atoms with Crippen LogP contribution >= 0.6 is 11.3 Å². The minimum atomic E-state index is -4.56. The molecule has 3 N–H and O–H groups in total. The normalized spacial score (nSPS) is 12.6. The molecule has 2 aromatic heterocycles. The summed E-state index contributed by atoms with van der Waals surface area (Å²) < 4.78 is 40.0. The number of rotatable bonds is 4. The number of hydrogen-bond donors (Lipinski definition) is 2. The predicted octanol–water partition coefficient (Wildman–Crippen LogP) is 3.09. The number of benzene rings is 1. The van der Waals surface area contributed by atoms with Gasteiger partial charge in [0.2, 0.25) is 0 Å². The van der Waals surface area contributed by atoms with Crippen LogP contribution in [0, 0.1) is 6.92 Å². The van der Waals surface area contributed by atoms with E-state index in [0.717, 1.165) is 21.8 Å². The van der Waals surface area contributed by atoms with Crippen LogP contribution in [0.2, 0.25) is 0 Å². The SMILES string of the molecule is Cc1ncc(-n2nc(C(=O)N[C@H](C)c3cc(N)cc(C(F)(F)F)c3)ccc2=O)s1. The molecule has 152 valence electrons. The maximum Gasteiger partial charge on any atom is 0.416 e. The van der Waals surface area contributed by atoms with Gasteiger partial charge in [-0.05, 0) is 43.7 Å². The first-order valence-corrected chi connectivity index (χ1v) is 9.18. The molecule has 0 radical (unpaired) electrons. The van der Waals surface area contributed by atoms with Crippen LogP contribution < -0.4 is 16.6 Å². The quantitative estimate of drug-likeness (QED) is 0.628. The predicted molar refractivity (Wildman–Crippen MR) is 102 cm³/mol. The Labute approximate surface area is 167 Å². The molecule has 0 saturated carbocycles. The third-order valence-electron chi connectivity index (χ3n) is 4.00. The number of nitrogens with zero attached hydrogens (tertiary/aromatic N) is 3. The highest BCUT2D eigenvalue weighted by atomic mass is 32.1. The zero-order chi connectivity index (χ0) is 21.3. The molecule has 0 bridgehead atoms. The van der Waals surface area contributed by atoms with Crippen molar-refractivity contribution in [1.29, 1.82) is 0 Å². The first-order chi connectivity index (χ1) is 13.5. The molecule has 1 atom stereocenters. The number of amides is 1. The lowest BCUT2D eigenvalue weighted by molar-refractivity contribution is -0.137. The second-order valence-electron chi connectivity index (χ2n) is 6.27. The highest BCUT2D eigenvalue weighted by Gasteiger charge is 2.31. The fraction of sp³-hybridized carbons (Fsp3) is 0.222. The topological polar surface area (TPSA) is 103 Å². The minimum Gasteiger partial charge on any atom is -0.399 e. The zero-order valence-corrected chi connectivity index (χ0v) is 16.1. The smallest absolute Gasteiger partial charge is 0.399 e. The summed E-state index contributed by atoms with van der Waals surface area (Å²) in [5.74, 6) is -0.650. The van der Waals surface area contributed by atoms with Crippen LogP contribution in [0.1, 0.15) is 39.6 Å². The standard InChI is InChI=1S/C18H16F3N5O2S/c1-9(11-5-12(18(19,20)21)7-13(22)6-11)24-17(28)14-3-4-15(27)26(25-14)16-8-23-10(2)29-16/h3-9H,22H2,1-2H3,(H,24,28)/t9-/m1/s1. The maximum atomic E-state index is 13.0. The lowest BCUT2D eigenvalue weighted by Gasteiger charge is -2.17. The Morgan fingerprint density at radius 3 is 2.62 bits per heavy atom. The first kappa shape index (κ1) is 20.5. The van der Waals surface area contributed by atoms with Crippen LogP contribution in [0.15, 0.2) is 41.3 Å². The molecule has 0 fully saturated rings. The summed E-state index contributed by atoms with van der Waals surface area (Å²) in [6.45, 7) is 3.29. The van der Waals surface area contributed by atoms with Crippen molar-refractivity contribution in [2.24, 2.45) is 0 Å². The maximum absolute atomic E-state index is 13.0. The summed E-state index contributed by atoms with van der Waals surface area (Å²) in [6.07, 6.45) is -3.10. The van der Waals surface area contributed by atoms with E-state index in [2.05, 4.69) is 15.4 Å². The number of carbonyl (C=O) groups excluding carboxylic acids is 1. The Morgan fingerprint density at radius 2 is 2.00 bits per heavy atom. The van der Waals surface area contributed by atoms with Crippen molar-refractivity contribution in [2.45, 2.75) is 26.1 Å². The molecule has 3 rings (SSSR count). The van der Waals surface area contributed by atoms with Gasteiger partial charge in [-0.3, -0.25) is 9.59 Å². The molecule has 1 amide bonds. The van der Waals surface area contributed by atoms with Gasteiger partial charge < -0.3 is 11.1 Å². The van der Waals surface area contributed by atoms with Crippen molar-refractivity contribution in [1.82, 2.24) is 20.1 Å². The summed E-state index contributed by atoms with van der Waals surface area (Å²) in [7, 11) is 0. The van der Waals surface area contributed by atoms with E-state index in [-0.39, 0.29) is 16.9 Å². The van der Waals surface area contributed by atoms with Crippen molar-refractivity contribution in [3.63, 3.8) is 0 Å². The number of nitrogen functional groups attached to an aromatic ring is 1. The number of aromatic nitrogens is 3. The van der Waals surface area contributed by atoms with Gasteiger partial charge >= 0.3 is 6.18 Å². The van der Waals surface area contributed by atoms with Crippen LogP contribution in [0.25, 0.3) is 5.00 Å². The van der Waals surface area contributed by atoms with E-state index in [0.29, 0.717) is 5.00 Å². The Balaban J connectivity index is 1.86. The number of halogens is 3. The number of aryl methyl sites for hydroxylation is 1. The van der Waals surface area contributed by atoms with Crippen LogP contribution in [0.4, 0.5) is 18.9 Å². The van der Waals surface area contributed by atoms with E-state index in [4.69, 9.17) is 5.73 Å². The number of carbonyl (C=O) groups is 1. The molecule has 7 nitrogen and oxygen atoms in total. The lowest BCUT2D eigenvalue weighted by Crippen LogP contribution is -2.30. The second kappa shape index (κ2) is 7.66. The number of anilines is 1. The fourth-order valence-corrected chi connectivity index (χ4v) is 3.31. The van der Waals surface area contributed by atoms with E-state index in [9.17, 15) is 22.8 Å². The first-order valence-electron chi connectivity index (χ1n) is 8.36. The summed E-state index contributed by atoms with van der Waals surface area (Å²) in [6, 6.07) is 4.76. The number of nitrogens with one attached hydrogen (secondary N) is 1. The summed E-state index contributed by atoms with van der Waals surface area (Å²) in [5, 5.41) is 7.77.